The largest absolute Gasteiger partial charge is 0.457 e. The molecule has 1 amide bonds. The topological polar surface area (TPSA) is 81.4 Å². The van der Waals surface area contributed by atoms with E-state index in [0.29, 0.717) is 11.1 Å². The lowest BCUT2D eigenvalue weighted by atomic mass is 10.1. The molecule has 0 saturated carbocycles. The van der Waals surface area contributed by atoms with Gasteiger partial charge in [-0.3, -0.25) is 9.78 Å². The highest BCUT2D eigenvalue weighted by molar-refractivity contribution is 5.90. The van der Waals surface area contributed by atoms with Crippen molar-refractivity contribution in [2.45, 2.75) is 12.6 Å². The van der Waals surface area contributed by atoms with Gasteiger partial charge in [-0.1, -0.05) is 18.2 Å². The molecular formula is C19H15FN2O4. The summed E-state index contributed by atoms with van der Waals surface area (Å²) in [6.07, 6.45) is 3.13. The van der Waals surface area contributed by atoms with Crippen molar-refractivity contribution in [3.8, 4) is 0 Å². The average molecular weight is 354 g/mol. The van der Waals surface area contributed by atoms with Crippen LogP contribution in [0.3, 0.4) is 0 Å². The maximum atomic E-state index is 13.0. The first-order valence-corrected chi connectivity index (χ1v) is 7.80. The van der Waals surface area contributed by atoms with Crippen LogP contribution in [0, 0.1) is 5.82 Å². The van der Waals surface area contributed by atoms with E-state index in [1.54, 1.807) is 36.5 Å². The number of ether oxygens (including phenoxy) is 1. The minimum absolute atomic E-state index is 0.00905. The highest BCUT2D eigenvalue weighted by Crippen LogP contribution is 2.19. The molecule has 3 rings (SSSR count). The van der Waals surface area contributed by atoms with E-state index in [9.17, 15) is 14.0 Å². The number of rotatable bonds is 6. The number of hydrogen-bond acceptors (Lipinski definition) is 5. The van der Waals surface area contributed by atoms with Crippen LogP contribution in [0.25, 0.3) is 0 Å². The molecule has 2 heterocycles. The zero-order valence-electron chi connectivity index (χ0n) is 13.6. The molecule has 1 N–H and O–H groups in total. The first-order chi connectivity index (χ1) is 12.6. The number of hydrogen-bond donors (Lipinski definition) is 1. The molecule has 26 heavy (non-hydrogen) atoms. The molecule has 0 saturated heterocycles. The van der Waals surface area contributed by atoms with Crippen molar-refractivity contribution in [1.82, 2.24) is 10.3 Å². The fourth-order valence-corrected chi connectivity index (χ4v) is 2.25. The second-order valence-electron chi connectivity index (χ2n) is 5.39. The van der Waals surface area contributed by atoms with Gasteiger partial charge in [0, 0.05) is 24.5 Å². The number of halogens is 1. The quantitative estimate of drug-likeness (QED) is 0.688. The third-order valence-corrected chi connectivity index (χ3v) is 3.55. The lowest BCUT2D eigenvalue weighted by Gasteiger charge is -2.17. The van der Waals surface area contributed by atoms with Gasteiger partial charge >= 0.3 is 5.97 Å². The number of aromatic nitrogens is 1. The monoisotopic (exact) mass is 354 g/mol. The van der Waals surface area contributed by atoms with Crippen molar-refractivity contribution >= 4 is 11.9 Å². The lowest BCUT2D eigenvalue weighted by Crippen LogP contribution is -2.32. The van der Waals surface area contributed by atoms with Gasteiger partial charge < -0.3 is 14.5 Å². The van der Waals surface area contributed by atoms with Crippen LogP contribution in [-0.4, -0.2) is 16.9 Å². The van der Waals surface area contributed by atoms with Gasteiger partial charge in [-0.25, -0.2) is 9.18 Å². The Morgan fingerprint density at radius 1 is 1.15 bits per heavy atom. The number of carbonyl (C=O) groups is 2. The van der Waals surface area contributed by atoms with Gasteiger partial charge in [0.05, 0.1) is 6.26 Å². The van der Waals surface area contributed by atoms with E-state index in [1.807, 2.05) is 0 Å². The summed E-state index contributed by atoms with van der Waals surface area (Å²) in [6, 6.07) is 12.0. The Morgan fingerprint density at radius 2 is 1.96 bits per heavy atom. The van der Waals surface area contributed by atoms with Gasteiger partial charge in [0.25, 0.3) is 5.91 Å². The summed E-state index contributed by atoms with van der Waals surface area (Å²) in [6.45, 7) is 0.161. The van der Waals surface area contributed by atoms with E-state index < -0.39 is 18.0 Å². The molecule has 0 aliphatic rings. The molecule has 1 atom stereocenters. The van der Waals surface area contributed by atoms with Gasteiger partial charge in [-0.05, 0) is 35.9 Å². The van der Waals surface area contributed by atoms with E-state index in [-0.39, 0.29) is 18.1 Å². The lowest BCUT2D eigenvalue weighted by molar-refractivity contribution is -0.130. The Balaban J connectivity index is 1.73. The van der Waals surface area contributed by atoms with Crippen LogP contribution in [0.5, 0.6) is 0 Å². The molecule has 2 aromatic heterocycles. The third kappa shape index (κ3) is 4.32. The van der Waals surface area contributed by atoms with Gasteiger partial charge in [0.1, 0.15) is 5.82 Å². The first-order valence-electron chi connectivity index (χ1n) is 7.80. The first kappa shape index (κ1) is 17.3. The van der Waals surface area contributed by atoms with Crippen molar-refractivity contribution in [3.05, 3.63) is 89.9 Å². The Hall–Kier alpha value is -3.48. The summed E-state index contributed by atoms with van der Waals surface area (Å²) in [7, 11) is 0. The van der Waals surface area contributed by atoms with Crippen molar-refractivity contribution < 1.29 is 23.1 Å². The Bertz CT molecular complexity index is 864. The summed E-state index contributed by atoms with van der Waals surface area (Å²) < 4.78 is 23.3. The number of benzene rings is 1. The van der Waals surface area contributed by atoms with Gasteiger partial charge in [0.15, 0.2) is 0 Å². The Morgan fingerprint density at radius 3 is 2.62 bits per heavy atom. The zero-order chi connectivity index (χ0) is 18.4. The predicted octanol–water partition coefficient (Wildman–Crippen LogP) is 3.03. The van der Waals surface area contributed by atoms with Crippen LogP contribution in [-0.2, 0) is 16.1 Å². The maximum Gasteiger partial charge on any atom is 0.375 e. The second kappa shape index (κ2) is 8.06. The van der Waals surface area contributed by atoms with Gasteiger partial charge in [-0.15, -0.1) is 0 Å². The summed E-state index contributed by atoms with van der Waals surface area (Å²) >= 11 is 0. The molecule has 0 radical (unpaired) electrons. The zero-order valence-corrected chi connectivity index (χ0v) is 13.6. The maximum absolute atomic E-state index is 13.0. The molecule has 0 spiro atoms. The number of esters is 1. The molecule has 0 bridgehead atoms. The summed E-state index contributed by atoms with van der Waals surface area (Å²) in [5.41, 5.74) is 1.13. The van der Waals surface area contributed by atoms with Crippen LogP contribution < -0.4 is 5.32 Å². The standard InChI is InChI=1S/C19H15FN2O4/c20-15-7-5-13(6-8-15)11-22-18(23)17(14-3-1-9-21-12-14)26-19(24)16-4-2-10-25-16/h1-10,12,17H,11H2,(H,22,23). The molecule has 1 unspecified atom stereocenters. The smallest absolute Gasteiger partial charge is 0.375 e. The van der Waals surface area contributed by atoms with Crippen molar-refractivity contribution in [3.63, 3.8) is 0 Å². The number of nitrogens with zero attached hydrogens (tertiary/aromatic N) is 1. The number of furan rings is 1. The molecule has 6 nitrogen and oxygen atoms in total. The number of nitrogens with one attached hydrogen (secondary N) is 1. The van der Waals surface area contributed by atoms with E-state index in [1.165, 1.54) is 30.7 Å². The van der Waals surface area contributed by atoms with Crippen molar-refractivity contribution in [1.29, 1.82) is 0 Å². The SMILES string of the molecule is O=C(OC(C(=O)NCc1ccc(F)cc1)c1cccnc1)c1ccco1. The molecule has 1 aromatic carbocycles. The van der Waals surface area contributed by atoms with Crippen molar-refractivity contribution in [2.24, 2.45) is 0 Å². The molecular weight excluding hydrogens is 339 g/mol. The van der Waals surface area contributed by atoms with Crippen molar-refractivity contribution in [2.75, 3.05) is 0 Å². The van der Waals surface area contributed by atoms with Gasteiger partial charge in [-0.2, -0.15) is 0 Å². The van der Waals surface area contributed by atoms with E-state index >= 15 is 0 Å². The fraction of sp³-hybridized carbons (Fsp3) is 0.105. The number of pyridine rings is 1. The molecule has 0 aliphatic heterocycles. The van der Waals surface area contributed by atoms with Crippen LogP contribution in [0.15, 0.2) is 71.6 Å². The molecule has 7 heteroatoms. The minimum Gasteiger partial charge on any atom is -0.457 e. The summed E-state index contributed by atoms with van der Waals surface area (Å²) in [5.74, 6) is -1.66. The van der Waals surface area contributed by atoms with Crippen LogP contribution in [0.1, 0.15) is 27.8 Å². The fourth-order valence-electron chi connectivity index (χ4n) is 2.25. The van der Waals surface area contributed by atoms with Gasteiger partial charge in [0.2, 0.25) is 11.9 Å². The van der Waals surface area contributed by atoms with E-state index in [0.717, 1.165) is 0 Å². The molecule has 132 valence electrons. The summed E-state index contributed by atoms with van der Waals surface area (Å²) in [5, 5.41) is 2.67. The summed E-state index contributed by atoms with van der Waals surface area (Å²) in [4.78, 5) is 28.7. The number of carbonyl (C=O) groups excluding carboxylic acids is 2. The normalized spacial score (nSPS) is 11.6. The van der Waals surface area contributed by atoms with Crippen LogP contribution in [0.4, 0.5) is 4.39 Å². The molecule has 0 aliphatic carbocycles. The Kier molecular flexibility index (Phi) is 5.38. The van der Waals surface area contributed by atoms with Crippen LogP contribution >= 0.6 is 0 Å². The Labute approximate surface area is 148 Å². The molecule has 3 aromatic rings. The highest BCUT2D eigenvalue weighted by atomic mass is 19.1. The van der Waals surface area contributed by atoms with E-state index in [2.05, 4.69) is 10.3 Å². The predicted molar refractivity (Wildman–Crippen MR) is 89.3 cm³/mol. The number of amides is 1. The average Bonchev–Trinajstić information content (AvgIpc) is 3.21. The third-order valence-electron chi connectivity index (χ3n) is 3.55. The van der Waals surface area contributed by atoms with Crippen LogP contribution in [0.2, 0.25) is 0 Å². The minimum atomic E-state index is -1.19. The van der Waals surface area contributed by atoms with E-state index in [4.69, 9.17) is 9.15 Å². The molecule has 0 fully saturated rings. The highest BCUT2D eigenvalue weighted by Gasteiger charge is 2.26. The second-order valence-corrected chi connectivity index (χ2v) is 5.39.